The Morgan fingerprint density at radius 1 is 1.22 bits per heavy atom. The summed E-state index contributed by atoms with van der Waals surface area (Å²) in [5, 5.41) is 1.42. The number of nitrogens with zero attached hydrogens (tertiary/aromatic N) is 3. The third-order valence-corrected chi connectivity index (χ3v) is 2.96. The topological polar surface area (TPSA) is 55.3 Å². The molecule has 2 aromatic rings. The Labute approximate surface area is 104 Å². The Bertz CT molecular complexity index is 574. The minimum absolute atomic E-state index is 0.138. The first-order valence-corrected chi connectivity index (χ1v) is 6.01. The van der Waals surface area contributed by atoms with E-state index in [4.69, 9.17) is 4.84 Å². The molecule has 1 aliphatic rings. The first-order valence-electron chi connectivity index (χ1n) is 6.01. The molecular formula is C13H13N3O2. The van der Waals surface area contributed by atoms with Crippen molar-refractivity contribution in [3.63, 3.8) is 0 Å². The van der Waals surface area contributed by atoms with E-state index in [2.05, 4.69) is 9.97 Å². The summed E-state index contributed by atoms with van der Waals surface area (Å²) in [6.45, 7) is 1.23. The van der Waals surface area contributed by atoms with Gasteiger partial charge in [0.05, 0.1) is 17.7 Å². The summed E-state index contributed by atoms with van der Waals surface area (Å²) >= 11 is 0. The van der Waals surface area contributed by atoms with Crippen molar-refractivity contribution < 1.29 is 9.63 Å². The van der Waals surface area contributed by atoms with Gasteiger partial charge in [-0.1, -0.05) is 6.07 Å². The lowest BCUT2D eigenvalue weighted by atomic mass is 10.1. The molecule has 0 saturated carbocycles. The SMILES string of the molecule is O=C(c1cccc2nccnc12)N1CCCCO1. The van der Waals surface area contributed by atoms with E-state index in [1.54, 1.807) is 18.5 Å². The Morgan fingerprint density at radius 2 is 2.11 bits per heavy atom. The van der Waals surface area contributed by atoms with Gasteiger partial charge in [-0.25, -0.2) is 5.06 Å². The minimum Gasteiger partial charge on any atom is -0.271 e. The van der Waals surface area contributed by atoms with Crippen molar-refractivity contribution in [1.29, 1.82) is 0 Å². The Hall–Kier alpha value is -2.01. The van der Waals surface area contributed by atoms with Gasteiger partial charge in [0.1, 0.15) is 5.52 Å². The lowest BCUT2D eigenvalue weighted by Crippen LogP contribution is -2.35. The Kier molecular flexibility index (Phi) is 2.90. The minimum atomic E-state index is -0.138. The number of fused-ring (bicyclic) bond motifs is 1. The second kappa shape index (κ2) is 4.70. The van der Waals surface area contributed by atoms with E-state index in [0.717, 1.165) is 18.4 Å². The van der Waals surface area contributed by atoms with Crippen LogP contribution >= 0.6 is 0 Å². The number of amides is 1. The molecule has 1 fully saturated rings. The molecule has 0 radical (unpaired) electrons. The van der Waals surface area contributed by atoms with Crippen LogP contribution in [0.1, 0.15) is 23.2 Å². The summed E-state index contributed by atoms with van der Waals surface area (Å²) in [4.78, 5) is 26.2. The average Bonchev–Trinajstić information content (AvgIpc) is 2.47. The van der Waals surface area contributed by atoms with Crippen LogP contribution in [-0.2, 0) is 4.84 Å². The third kappa shape index (κ3) is 1.93. The standard InChI is InChI=1S/C13H13N3O2/c17-13(16-8-1-2-9-18-16)10-4-3-5-11-12(10)15-7-6-14-11/h3-7H,1-2,8-9H2. The van der Waals surface area contributed by atoms with Crippen LogP contribution in [0.25, 0.3) is 11.0 Å². The summed E-state index contributed by atoms with van der Waals surface area (Å²) in [5.74, 6) is -0.138. The maximum absolute atomic E-state index is 12.3. The maximum Gasteiger partial charge on any atom is 0.279 e. The summed E-state index contributed by atoms with van der Waals surface area (Å²) in [6, 6.07) is 5.42. The van der Waals surface area contributed by atoms with E-state index in [0.29, 0.717) is 24.2 Å². The zero-order valence-corrected chi connectivity index (χ0v) is 9.87. The number of hydrogen-bond donors (Lipinski definition) is 0. The molecule has 92 valence electrons. The van der Waals surface area contributed by atoms with Gasteiger partial charge in [0.15, 0.2) is 0 Å². The number of carbonyl (C=O) groups excluding carboxylic acids is 1. The molecular weight excluding hydrogens is 230 g/mol. The molecule has 0 unspecified atom stereocenters. The molecule has 1 saturated heterocycles. The smallest absolute Gasteiger partial charge is 0.271 e. The molecule has 1 aliphatic heterocycles. The Balaban J connectivity index is 2.00. The second-order valence-corrected chi connectivity index (χ2v) is 4.18. The molecule has 2 heterocycles. The molecule has 18 heavy (non-hydrogen) atoms. The zero-order chi connectivity index (χ0) is 12.4. The van der Waals surface area contributed by atoms with Crippen LogP contribution in [0.15, 0.2) is 30.6 Å². The van der Waals surface area contributed by atoms with Crippen molar-refractivity contribution in [1.82, 2.24) is 15.0 Å². The van der Waals surface area contributed by atoms with Crippen molar-refractivity contribution in [3.8, 4) is 0 Å². The molecule has 1 amide bonds. The van der Waals surface area contributed by atoms with Crippen LogP contribution in [0.2, 0.25) is 0 Å². The molecule has 0 N–H and O–H groups in total. The highest BCUT2D eigenvalue weighted by atomic mass is 16.7. The molecule has 0 aliphatic carbocycles. The van der Waals surface area contributed by atoms with E-state index in [-0.39, 0.29) is 5.91 Å². The van der Waals surface area contributed by atoms with Gasteiger partial charge in [0, 0.05) is 18.9 Å². The average molecular weight is 243 g/mol. The van der Waals surface area contributed by atoms with Crippen LogP contribution in [0.4, 0.5) is 0 Å². The second-order valence-electron chi connectivity index (χ2n) is 4.18. The van der Waals surface area contributed by atoms with Crippen molar-refractivity contribution in [3.05, 3.63) is 36.2 Å². The number of rotatable bonds is 1. The number of carbonyl (C=O) groups is 1. The van der Waals surface area contributed by atoms with Gasteiger partial charge in [-0.2, -0.15) is 0 Å². The highest BCUT2D eigenvalue weighted by Crippen LogP contribution is 2.18. The molecule has 5 nitrogen and oxygen atoms in total. The Morgan fingerprint density at radius 3 is 2.94 bits per heavy atom. The molecule has 5 heteroatoms. The van der Waals surface area contributed by atoms with E-state index in [1.807, 2.05) is 12.1 Å². The predicted octanol–water partition coefficient (Wildman–Crippen LogP) is 1.80. The van der Waals surface area contributed by atoms with Crippen LogP contribution < -0.4 is 0 Å². The van der Waals surface area contributed by atoms with Gasteiger partial charge in [-0.05, 0) is 25.0 Å². The number of para-hydroxylation sites is 1. The largest absolute Gasteiger partial charge is 0.279 e. The van der Waals surface area contributed by atoms with Gasteiger partial charge in [0.25, 0.3) is 5.91 Å². The van der Waals surface area contributed by atoms with Gasteiger partial charge in [0.2, 0.25) is 0 Å². The normalized spacial score (nSPS) is 15.9. The summed E-state index contributed by atoms with van der Waals surface area (Å²) in [7, 11) is 0. The van der Waals surface area contributed by atoms with E-state index < -0.39 is 0 Å². The molecule has 0 bridgehead atoms. The summed E-state index contributed by atoms with van der Waals surface area (Å²) in [6.07, 6.45) is 5.19. The first-order chi connectivity index (χ1) is 8.86. The van der Waals surface area contributed by atoms with Crippen LogP contribution in [-0.4, -0.2) is 34.1 Å². The van der Waals surface area contributed by atoms with Crippen LogP contribution in [0.5, 0.6) is 0 Å². The fourth-order valence-corrected chi connectivity index (χ4v) is 2.06. The van der Waals surface area contributed by atoms with Gasteiger partial charge < -0.3 is 0 Å². The monoisotopic (exact) mass is 243 g/mol. The number of hydroxylamine groups is 2. The quantitative estimate of drug-likeness (QED) is 0.766. The summed E-state index contributed by atoms with van der Waals surface area (Å²) < 4.78 is 0. The molecule has 1 aromatic heterocycles. The lowest BCUT2D eigenvalue weighted by Gasteiger charge is -2.26. The van der Waals surface area contributed by atoms with Gasteiger partial charge >= 0.3 is 0 Å². The van der Waals surface area contributed by atoms with Gasteiger partial charge in [-0.3, -0.25) is 19.6 Å². The predicted molar refractivity (Wildman–Crippen MR) is 65.8 cm³/mol. The van der Waals surface area contributed by atoms with Crippen molar-refractivity contribution >= 4 is 16.9 Å². The maximum atomic E-state index is 12.3. The third-order valence-electron chi connectivity index (χ3n) is 2.96. The highest BCUT2D eigenvalue weighted by molar-refractivity contribution is 6.04. The van der Waals surface area contributed by atoms with Crippen LogP contribution in [0, 0.1) is 0 Å². The number of benzene rings is 1. The van der Waals surface area contributed by atoms with E-state index in [1.165, 1.54) is 5.06 Å². The zero-order valence-electron chi connectivity index (χ0n) is 9.87. The fourth-order valence-electron chi connectivity index (χ4n) is 2.06. The highest BCUT2D eigenvalue weighted by Gasteiger charge is 2.21. The molecule has 0 atom stereocenters. The fraction of sp³-hybridized carbons (Fsp3) is 0.308. The van der Waals surface area contributed by atoms with E-state index in [9.17, 15) is 4.79 Å². The van der Waals surface area contributed by atoms with Crippen molar-refractivity contribution in [2.75, 3.05) is 13.2 Å². The van der Waals surface area contributed by atoms with Gasteiger partial charge in [-0.15, -0.1) is 0 Å². The lowest BCUT2D eigenvalue weighted by molar-refractivity contribution is -0.144. The molecule has 0 spiro atoms. The number of hydrogen-bond acceptors (Lipinski definition) is 4. The van der Waals surface area contributed by atoms with Crippen molar-refractivity contribution in [2.24, 2.45) is 0 Å². The van der Waals surface area contributed by atoms with E-state index >= 15 is 0 Å². The molecule has 1 aromatic carbocycles. The first kappa shape index (κ1) is 11.1. The van der Waals surface area contributed by atoms with Crippen LogP contribution in [0.3, 0.4) is 0 Å². The van der Waals surface area contributed by atoms with Crippen molar-refractivity contribution in [2.45, 2.75) is 12.8 Å². The number of aromatic nitrogens is 2. The molecule has 3 rings (SSSR count). The summed E-state index contributed by atoms with van der Waals surface area (Å²) in [5.41, 5.74) is 1.89.